The number of carboxylic acids is 1. The van der Waals surface area contributed by atoms with Crippen molar-refractivity contribution in [1.29, 1.82) is 0 Å². The Bertz CT molecular complexity index is 463. The third kappa shape index (κ3) is 14.0. The van der Waals surface area contributed by atoms with Gasteiger partial charge in [-0.25, -0.2) is 8.42 Å². The second-order valence-electron chi connectivity index (χ2n) is 6.95. The molecule has 0 aromatic carbocycles. The summed E-state index contributed by atoms with van der Waals surface area (Å²) in [6.07, 6.45) is 1.82. The van der Waals surface area contributed by atoms with Crippen LogP contribution in [0.5, 0.6) is 0 Å². The molecule has 0 rings (SSSR count). The summed E-state index contributed by atoms with van der Waals surface area (Å²) in [4.78, 5) is 11.1. The Morgan fingerprint density at radius 1 is 1.20 bits per heavy atom. The van der Waals surface area contributed by atoms with E-state index in [0.29, 0.717) is 12.8 Å². The summed E-state index contributed by atoms with van der Waals surface area (Å²) in [5.74, 6) is -3.07. The molecule has 0 spiro atoms. The summed E-state index contributed by atoms with van der Waals surface area (Å²) in [6, 6.07) is 0. The monoisotopic (exact) mass is 398 g/mol. The summed E-state index contributed by atoms with van der Waals surface area (Å²) in [5, 5.41) is 20.3. The van der Waals surface area contributed by atoms with Gasteiger partial charge in [-0.2, -0.15) is 0 Å². The van der Waals surface area contributed by atoms with Crippen molar-refractivity contribution >= 4 is 16.4 Å². The molecule has 1 N–H and O–H groups in total. The van der Waals surface area contributed by atoms with E-state index in [4.69, 9.17) is 4.18 Å². The Morgan fingerprint density at radius 3 is 2.04 bits per heavy atom. The Balaban J connectivity index is -0.00000242. The van der Waals surface area contributed by atoms with Crippen LogP contribution in [0.25, 0.3) is 0 Å². The van der Waals surface area contributed by atoms with Crippen molar-refractivity contribution in [3.8, 4) is 0 Å². The van der Waals surface area contributed by atoms with Crippen molar-refractivity contribution in [2.75, 3.05) is 6.61 Å². The molecule has 0 bridgehead atoms. The van der Waals surface area contributed by atoms with E-state index in [-0.39, 0.29) is 65.5 Å². The molecule has 0 amide bonds. The molecule has 0 aliphatic carbocycles. The SMILES string of the molecule is CCCCCC(OS(=O)(=O)[O-])C(CC(CO)C(=O)[O-])C(C)(C)C.[Na+].[Na+]. The maximum Gasteiger partial charge on any atom is 1.00 e. The zero-order chi connectivity index (χ0) is 18.3. The molecule has 0 aliphatic heterocycles. The number of carboxylic acid groups (broad SMARTS) is 1. The fraction of sp³-hybridized carbons (Fsp3) is 0.933. The number of rotatable bonds is 11. The van der Waals surface area contributed by atoms with Crippen LogP contribution in [0.2, 0.25) is 0 Å². The van der Waals surface area contributed by atoms with E-state index < -0.39 is 46.3 Å². The van der Waals surface area contributed by atoms with Gasteiger partial charge in [-0.1, -0.05) is 47.0 Å². The van der Waals surface area contributed by atoms with Crippen LogP contribution in [-0.2, 0) is 19.4 Å². The van der Waals surface area contributed by atoms with Gasteiger partial charge in [0.05, 0.1) is 12.7 Å². The van der Waals surface area contributed by atoms with Crippen LogP contribution in [0, 0.1) is 17.3 Å². The zero-order valence-corrected chi connectivity index (χ0v) is 21.1. The summed E-state index contributed by atoms with van der Waals surface area (Å²) in [6.45, 7) is 6.82. The molecule has 10 heteroatoms. The Kier molecular flexibility index (Phi) is 17.8. The summed E-state index contributed by atoms with van der Waals surface area (Å²) in [7, 11) is -4.90. The van der Waals surface area contributed by atoms with Gasteiger partial charge in [0.15, 0.2) is 0 Å². The van der Waals surface area contributed by atoms with Crippen LogP contribution in [0.1, 0.15) is 59.8 Å². The predicted octanol–water partition coefficient (Wildman–Crippen LogP) is -5.17. The van der Waals surface area contributed by atoms with Gasteiger partial charge in [-0.3, -0.25) is 4.18 Å². The van der Waals surface area contributed by atoms with Crippen molar-refractivity contribution < 1.29 is 91.3 Å². The van der Waals surface area contributed by atoms with Crippen molar-refractivity contribution in [3.63, 3.8) is 0 Å². The molecule has 0 heterocycles. The van der Waals surface area contributed by atoms with E-state index in [9.17, 15) is 28.0 Å². The number of hydrogen-bond donors (Lipinski definition) is 1. The normalized spacial score (nSPS) is 15.4. The Morgan fingerprint density at radius 2 is 1.72 bits per heavy atom. The minimum atomic E-state index is -4.90. The Hall–Kier alpha value is 1.30. The maximum atomic E-state index is 11.1. The predicted molar refractivity (Wildman–Crippen MR) is 81.9 cm³/mol. The second kappa shape index (κ2) is 14.3. The van der Waals surface area contributed by atoms with Crippen LogP contribution < -0.4 is 64.2 Å². The fourth-order valence-corrected chi connectivity index (χ4v) is 3.21. The average molecular weight is 398 g/mol. The standard InChI is InChI=1S/C15H30O7S.2Na/c1-5-6-7-8-13(22-23(19,20)21)12(15(2,3)4)9-11(10-16)14(17)18;;/h11-13,16H,5-10H2,1-4H3,(H,17,18)(H,19,20,21);;/q;2*+1/p-2. The van der Waals surface area contributed by atoms with E-state index in [1.54, 1.807) is 0 Å². The van der Waals surface area contributed by atoms with E-state index in [1.807, 2.05) is 27.7 Å². The topological polar surface area (TPSA) is 127 Å². The molecule has 0 aromatic heterocycles. The maximum absolute atomic E-state index is 11.1. The van der Waals surface area contributed by atoms with Crippen LogP contribution >= 0.6 is 0 Å². The molecular formula is C15H28Na2O7S. The molecule has 0 fully saturated rings. The molecule has 0 saturated carbocycles. The molecule has 0 saturated heterocycles. The third-order valence-corrected chi connectivity index (χ3v) is 4.47. The van der Waals surface area contributed by atoms with Crippen molar-refractivity contribution in [2.45, 2.75) is 65.9 Å². The number of carbonyl (C=O) groups is 1. The van der Waals surface area contributed by atoms with E-state index in [0.717, 1.165) is 12.8 Å². The fourth-order valence-electron chi connectivity index (χ4n) is 2.68. The third-order valence-electron chi connectivity index (χ3n) is 3.99. The minimum absolute atomic E-state index is 0. The number of carbonyl (C=O) groups excluding carboxylic acids is 1. The smallest absolute Gasteiger partial charge is 0.726 e. The van der Waals surface area contributed by atoms with E-state index >= 15 is 0 Å². The number of aliphatic hydroxyl groups is 1. The molecule has 7 nitrogen and oxygen atoms in total. The first kappa shape index (κ1) is 31.0. The molecule has 25 heavy (non-hydrogen) atoms. The van der Waals surface area contributed by atoms with Gasteiger partial charge in [0.25, 0.3) is 0 Å². The Labute approximate surface area is 195 Å². The van der Waals surface area contributed by atoms with Gasteiger partial charge < -0.3 is 19.6 Å². The van der Waals surface area contributed by atoms with Crippen LogP contribution in [0.3, 0.4) is 0 Å². The van der Waals surface area contributed by atoms with Gasteiger partial charge in [0.1, 0.15) is 0 Å². The molecule has 0 aromatic rings. The van der Waals surface area contributed by atoms with Gasteiger partial charge in [0, 0.05) is 11.9 Å². The van der Waals surface area contributed by atoms with Gasteiger partial charge in [-0.05, 0) is 24.2 Å². The molecule has 0 radical (unpaired) electrons. The van der Waals surface area contributed by atoms with Crippen molar-refractivity contribution in [2.24, 2.45) is 17.3 Å². The number of hydrogen-bond acceptors (Lipinski definition) is 7. The van der Waals surface area contributed by atoms with E-state index in [1.165, 1.54) is 0 Å². The minimum Gasteiger partial charge on any atom is -0.726 e. The largest absolute Gasteiger partial charge is 1.00 e. The molecular weight excluding hydrogens is 370 g/mol. The van der Waals surface area contributed by atoms with Gasteiger partial charge >= 0.3 is 59.1 Å². The average Bonchev–Trinajstić information content (AvgIpc) is 2.35. The molecule has 138 valence electrons. The number of aliphatic carboxylic acids is 1. The number of aliphatic hydroxyl groups excluding tert-OH is 1. The van der Waals surface area contributed by atoms with Gasteiger partial charge in [-0.15, -0.1) is 0 Å². The van der Waals surface area contributed by atoms with Crippen LogP contribution in [-0.4, -0.2) is 36.8 Å². The van der Waals surface area contributed by atoms with Crippen LogP contribution in [0.4, 0.5) is 0 Å². The zero-order valence-electron chi connectivity index (χ0n) is 16.3. The first-order valence-corrected chi connectivity index (χ1v) is 9.21. The second-order valence-corrected chi connectivity index (χ2v) is 7.95. The summed E-state index contributed by atoms with van der Waals surface area (Å²) >= 11 is 0. The summed E-state index contributed by atoms with van der Waals surface area (Å²) < 4.78 is 37.8. The van der Waals surface area contributed by atoms with Gasteiger partial charge in [0.2, 0.25) is 10.4 Å². The van der Waals surface area contributed by atoms with Crippen molar-refractivity contribution in [1.82, 2.24) is 0 Å². The first-order valence-electron chi connectivity index (χ1n) is 7.88. The molecule has 0 aliphatic rings. The molecule has 3 unspecified atom stereocenters. The number of unbranched alkanes of at least 4 members (excludes halogenated alkanes) is 2. The van der Waals surface area contributed by atoms with Crippen molar-refractivity contribution in [3.05, 3.63) is 0 Å². The van der Waals surface area contributed by atoms with Crippen LogP contribution in [0.15, 0.2) is 0 Å². The molecule has 3 atom stereocenters. The first-order chi connectivity index (χ1) is 10.4. The quantitative estimate of drug-likeness (QED) is 0.160. The van der Waals surface area contributed by atoms with E-state index in [2.05, 4.69) is 0 Å². The summed E-state index contributed by atoms with van der Waals surface area (Å²) in [5.41, 5.74) is -0.509.